The Morgan fingerprint density at radius 3 is 1.88 bits per heavy atom. The van der Waals surface area contributed by atoms with E-state index < -0.39 is 21.3 Å². The first-order valence-electron chi connectivity index (χ1n) is 10.2. The Kier molecular flexibility index (Phi) is 15.8. The van der Waals surface area contributed by atoms with Crippen molar-refractivity contribution in [2.45, 2.75) is 103 Å². The largest absolute Gasteiger partial charge is 0.465 e. The van der Waals surface area contributed by atoms with Gasteiger partial charge in [-0.1, -0.05) is 70.4 Å². The van der Waals surface area contributed by atoms with Crippen molar-refractivity contribution in [3.05, 3.63) is 12.2 Å². The lowest BCUT2D eigenvalue weighted by Gasteiger charge is -2.12. The van der Waals surface area contributed by atoms with E-state index in [-0.39, 0.29) is 13.0 Å². The molecule has 5 nitrogen and oxygen atoms in total. The molecule has 0 aliphatic heterocycles. The summed E-state index contributed by atoms with van der Waals surface area (Å²) in [7, 11) is -4.39. The van der Waals surface area contributed by atoms with Crippen LogP contribution in [0.5, 0.6) is 0 Å². The average molecular weight is 391 g/mol. The average Bonchev–Trinajstić information content (AvgIpc) is 2.57. The summed E-state index contributed by atoms with van der Waals surface area (Å²) in [6.45, 7) is 3.95. The minimum absolute atomic E-state index is 0.107. The maximum absolute atomic E-state index is 11.6. The Morgan fingerprint density at radius 1 is 0.885 bits per heavy atom. The fourth-order valence-corrected chi connectivity index (χ4v) is 3.62. The van der Waals surface area contributed by atoms with Crippen LogP contribution in [-0.2, 0) is 19.6 Å². The first-order valence-corrected chi connectivity index (χ1v) is 11.7. The smallest absolute Gasteiger partial charge is 0.326 e. The molecule has 0 saturated carbocycles. The number of esters is 1. The quantitative estimate of drug-likeness (QED) is 0.154. The van der Waals surface area contributed by atoms with Crippen molar-refractivity contribution in [2.75, 3.05) is 6.61 Å². The number of ether oxygens (including phenoxy) is 1. The van der Waals surface area contributed by atoms with E-state index in [1.54, 1.807) is 6.92 Å². The number of unbranched alkanes of at least 4 members (excludes halogenated alkanes) is 10. The van der Waals surface area contributed by atoms with Crippen molar-refractivity contribution >= 4 is 16.1 Å². The van der Waals surface area contributed by atoms with Gasteiger partial charge in [0.15, 0.2) is 5.25 Å². The second kappa shape index (κ2) is 16.3. The van der Waals surface area contributed by atoms with E-state index in [9.17, 15) is 13.2 Å². The molecule has 0 spiro atoms. The predicted molar refractivity (Wildman–Crippen MR) is 107 cm³/mol. The highest BCUT2D eigenvalue weighted by Gasteiger charge is 2.31. The number of hydrogen-bond acceptors (Lipinski definition) is 4. The van der Waals surface area contributed by atoms with Crippen molar-refractivity contribution in [3.8, 4) is 0 Å². The molecule has 0 fully saturated rings. The zero-order chi connectivity index (χ0) is 19.7. The molecule has 0 aliphatic carbocycles. The van der Waals surface area contributed by atoms with Crippen LogP contribution in [-0.4, -0.2) is 30.8 Å². The zero-order valence-electron chi connectivity index (χ0n) is 16.6. The summed E-state index contributed by atoms with van der Waals surface area (Å²) in [6.07, 6.45) is 18.2. The molecule has 26 heavy (non-hydrogen) atoms. The van der Waals surface area contributed by atoms with E-state index in [4.69, 9.17) is 9.29 Å². The third-order valence-corrected chi connectivity index (χ3v) is 5.53. The van der Waals surface area contributed by atoms with E-state index in [2.05, 4.69) is 19.1 Å². The SMILES string of the molecule is CCCCCCCC/C=C\CCCCCCC(C(=O)OCC)S(=O)(=O)O. The lowest BCUT2D eigenvalue weighted by molar-refractivity contribution is -0.142. The minimum atomic E-state index is -4.39. The number of carbonyl (C=O) groups is 1. The van der Waals surface area contributed by atoms with Crippen LogP contribution < -0.4 is 0 Å². The van der Waals surface area contributed by atoms with E-state index in [0.717, 1.165) is 32.1 Å². The fourth-order valence-electron chi connectivity index (χ4n) is 2.85. The Morgan fingerprint density at radius 2 is 1.38 bits per heavy atom. The molecule has 0 rings (SSSR count). The standard InChI is InChI=1S/C20H38O5S/c1-3-5-6-7-8-9-10-11-12-13-14-15-16-17-18-19(26(22,23)24)20(21)25-4-2/h11-12,19H,3-10,13-18H2,1-2H3,(H,22,23,24)/b12-11-. The molecule has 0 bridgehead atoms. The summed E-state index contributed by atoms with van der Waals surface area (Å²) >= 11 is 0. The van der Waals surface area contributed by atoms with Gasteiger partial charge >= 0.3 is 5.97 Å². The van der Waals surface area contributed by atoms with Crippen LogP contribution in [0.4, 0.5) is 0 Å². The normalized spacial score (nSPS) is 13.2. The first kappa shape index (κ1) is 25.1. The van der Waals surface area contributed by atoms with Gasteiger partial charge in [0.1, 0.15) is 0 Å². The van der Waals surface area contributed by atoms with Crippen molar-refractivity contribution in [1.82, 2.24) is 0 Å². The van der Waals surface area contributed by atoms with Gasteiger partial charge in [-0.2, -0.15) is 8.42 Å². The van der Waals surface area contributed by atoms with Crippen molar-refractivity contribution in [1.29, 1.82) is 0 Å². The molecule has 0 saturated heterocycles. The van der Waals surface area contributed by atoms with Crippen LogP contribution in [0.3, 0.4) is 0 Å². The molecule has 1 N–H and O–H groups in total. The first-order chi connectivity index (χ1) is 12.4. The lowest BCUT2D eigenvalue weighted by Crippen LogP contribution is -2.31. The minimum Gasteiger partial charge on any atom is -0.465 e. The highest BCUT2D eigenvalue weighted by Crippen LogP contribution is 2.14. The number of carbonyl (C=O) groups excluding carboxylic acids is 1. The monoisotopic (exact) mass is 390 g/mol. The van der Waals surface area contributed by atoms with Gasteiger partial charge in [-0.25, -0.2) is 0 Å². The maximum atomic E-state index is 11.6. The molecule has 1 atom stereocenters. The third kappa shape index (κ3) is 14.3. The number of rotatable bonds is 17. The van der Waals surface area contributed by atoms with Crippen molar-refractivity contribution < 1.29 is 22.5 Å². The topological polar surface area (TPSA) is 80.7 Å². The van der Waals surface area contributed by atoms with Crippen LogP contribution in [0, 0.1) is 0 Å². The number of allylic oxidation sites excluding steroid dienone is 2. The fraction of sp³-hybridized carbons (Fsp3) is 0.850. The van der Waals surface area contributed by atoms with Crippen molar-refractivity contribution in [2.24, 2.45) is 0 Å². The highest BCUT2D eigenvalue weighted by atomic mass is 32.2. The Bertz CT molecular complexity index is 471. The van der Waals surface area contributed by atoms with E-state index in [0.29, 0.717) is 6.42 Å². The highest BCUT2D eigenvalue weighted by molar-refractivity contribution is 7.87. The molecule has 0 amide bonds. The van der Waals surface area contributed by atoms with Gasteiger partial charge < -0.3 is 4.74 Å². The maximum Gasteiger partial charge on any atom is 0.326 e. The van der Waals surface area contributed by atoms with E-state index in [1.807, 2.05) is 0 Å². The third-order valence-electron chi connectivity index (χ3n) is 4.39. The Balaban J connectivity index is 3.67. The van der Waals surface area contributed by atoms with Gasteiger partial charge in [0.25, 0.3) is 10.1 Å². The predicted octanol–water partition coefficient (Wildman–Crippen LogP) is 5.45. The molecule has 0 heterocycles. The van der Waals surface area contributed by atoms with Crippen LogP contribution in [0.1, 0.15) is 97.3 Å². The van der Waals surface area contributed by atoms with Gasteiger partial charge in [-0.05, 0) is 39.0 Å². The molecule has 0 aromatic heterocycles. The zero-order valence-corrected chi connectivity index (χ0v) is 17.4. The van der Waals surface area contributed by atoms with E-state index >= 15 is 0 Å². The molecule has 0 aliphatic rings. The summed E-state index contributed by atoms with van der Waals surface area (Å²) in [6, 6.07) is 0. The van der Waals surface area contributed by atoms with Gasteiger partial charge in [0.05, 0.1) is 6.61 Å². The summed E-state index contributed by atoms with van der Waals surface area (Å²) < 4.78 is 36.4. The van der Waals surface area contributed by atoms with Crippen LogP contribution in [0.25, 0.3) is 0 Å². The number of hydrogen-bond donors (Lipinski definition) is 1. The molecule has 0 aromatic carbocycles. The second-order valence-electron chi connectivity index (χ2n) is 6.78. The molecule has 0 radical (unpaired) electrons. The Hall–Kier alpha value is -0.880. The lowest BCUT2D eigenvalue weighted by atomic mass is 10.1. The van der Waals surface area contributed by atoms with Crippen molar-refractivity contribution in [3.63, 3.8) is 0 Å². The molecular formula is C20H38O5S. The molecule has 154 valence electrons. The van der Waals surface area contributed by atoms with Gasteiger partial charge in [-0.15, -0.1) is 0 Å². The summed E-state index contributed by atoms with van der Waals surface area (Å²) in [5.41, 5.74) is 0. The van der Waals surface area contributed by atoms with Crippen LogP contribution in [0.15, 0.2) is 12.2 Å². The van der Waals surface area contributed by atoms with E-state index in [1.165, 1.54) is 38.5 Å². The Labute approximate surface area is 160 Å². The van der Waals surface area contributed by atoms with Gasteiger partial charge in [-0.3, -0.25) is 9.35 Å². The second-order valence-corrected chi connectivity index (χ2v) is 8.37. The summed E-state index contributed by atoms with van der Waals surface area (Å²) in [5.74, 6) is -0.854. The molecule has 1 unspecified atom stereocenters. The molecule has 0 aromatic rings. The van der Waals surface area contributed by atoms with Gasteiger partial charge in [0, 0.05) is 0 Å². The molecular weight excluding hydrogens is 352 g/mol. The summed E-state index contributed by atoms with van der Waals surface area (Å²) in [5, 5.41) is -1.44. The van der Waals surface area contributed by atoms with Crippen LogP contribution >= 0.6 is 0 Å². The molecule has 6 heteroatoms. The van der Waals surface area contributed by atoms with Crippen LogP contribution in [0.2, 0.25) is 0 Å². The van der Waals surface area contributed by atoms with Gasteiger partial charge in [0.2, 0.25) is 0 Å². The summed E-state index contributed by atoms with van der Waals surface area (Å²) in [4.78, 5) is 11.6.